The molecule has 0 amide bonds. The van der Waals surface area contributed by atoms with Gasteiger partial charge in [-0.2, -0.15) is 0 Å². The van der Waals surface area contributed by atoms with E-state index in [-0.39, 0.29) is 17.2 Å². The van der Waals surface area contributed by atoms with Crippen molar-refractivity contribution in [1.82, 2.24) is 0 Å². The Balaban J connectivity index is 3.71. The molecule has 2 nitrogen and oxygen atoms in total. The number of unbranched alkanes of at least 4 members (excludes halogenated alkanes) is 12. The maximum absolute atomic E-state index is 6.58. The minimum absolute atomic E-state index is 0.136. The van der Waals surface area contributed by atoms with Gasteiger partial charge in [0.15, 0.2) is 8.32 Å². The van der Waals surface area contributed by atoms with E-state index in [1.807, 2.05) is 0 Å². The zero-order valence-corrected chi connectivity index (χ0v) is 21.0. The molecule has 0 aromatic rings. The van der Waals surface area contributed by atoms with E-state index in [0.29, 0.717) is 0 Å². The SMILES string of the molecule is CCCCCCCCCCCCCCC[C@@H](O[Si](C)(C)C(C)(C)C)[C@H](C)N. The molecular weight excluding hydrogens is 346 g/mol. The van der Waals surface area contributed by atoms with E-state index in [4.69, 9.17) is 10.2 Å². The predicted molar refractivity (Wildman–Crippen MR) is 126 cm³/mol. The minimum atomic E-state index is -1.72. The monoisotopic (exact) mass is 399 g/mol. The van der Waals surface area contributed by atoms with Crippen LogP contribution in [0.2, 0.25) is 18.1 Å². The minimum Gasteiger partial charge on any atom is -0.412 e. The molecule has 0 aromatic heterocycles. The van der Waals surface area contributed by atoms with Crippen molar-refractivity contribution in [1.29, 1.82) is 0 Å². The fourth-order valence-electron chi connectivity index (χ4n) is 3.35. The number of hydrogen-bond donors (Lipinski definition) is 1. The highest BCUT2D eigenvalue weighted by atomic mass is 28.4. The van der Waals surface area contributed by atoms with Gasteiger partial charge in [0.25, 0.3) is 0 Å². The van der Waals surface area contributed by atoms with Gasteiger partial charge in [-0.3, -0.25) is 0 Å². The van der Waals surface area contributed by atoms with Crippen molar-refractivity contribution in [2.75, 3.05) is 0 Å². The highest BCUT2D eigenvalue weighted by Crippen LogP contribution is 2.38. The van der Waals surface area contributed by atoms with Crippen LogP contribution in [0.1, 0.15) is 125 Å². The lowest BCUT2D eigenvalue weighted by atomic mass is 10.0. The first kappa shape index (κ1) is 27.1. The van der Waals surface area contributed by atoms with Gasteiger partial charge in [-0.15, -0.1) is 0 Å². The molecule has 2 N–H and O–H groups in total. The Morgan fingerprint density at radius 1 is 0.741 bits per heavy atom. The number of nitrogens with two attached hydrogens (primary N) is 1. The summed E-state index contributed by atoms with van der Waals surface area (Å²) in [5.74, 6) is 0. The zero-order chi connectivity index (χ0) is 20.8. The molecule has 2 atom stereocenters. The molecular formula is C24H53NOSi. The van der Waals surface area contributed by atoms with Gasteiger partial charge in [0.05, 0.1) is 6.10 Å². The van der Waals surface area contributed by atoms with E-state index in [9.17, 15) is 0 Å². The smallest absolute Gasteiger partial charge is 0.192 e. The van der Waals surface area contributed by atoms with Crippen molar-refractivity contribution in [2.24, 2.45) is 5.73 Å². The Hall–Kier alpha value is 0.137. The lowest BCUT2D eigenvalue weighted by Crippen LogP contribution is -2.48. The van der Waals surface area contributed by atoms with Gasteiger partial charge >= 0.3 is 0 Å². The second kappa shape index (κ2) is 15.0. The van der Waals surface area contributed by atoms with Crippen LogP contribution in [0, 0.1) is 0 Å². The van der Waals surface area contributed by atoms with E-state index in [1.165, 1.54) is 83.5 Å². The quantitative estimate of drug-likeness (QED) is 0.197. The summed E-state index contributed by atoms with van der Waals surface area (Å²) in [5, 5.41) is 0.260. The Morgan fingerprint density at radius 2 is 1.11 bits per heavy atom. The average molecular weight is 400 g/mol. The average Bonchev–Trinajstić information content (AvgIpc) is 2.56. The molecule has 0 aliphatic rings. The number of hydrogen-bond acceptors (Lipinski definition) is 2. The Bertz CT molecular complexity index is 336. The van der Waals surface area contributed by atoms with Crippen molar-refractivity contribution in [3.8, 4) is 0 Å². The largest absolute Gasteiger partial charge is 0.412 e. The molecule has 0 saturated carbocycles. The third kappa shape index (κ3) is 13.9. The third-order valence-electron chi connectivity index (χ3n) is 6.43. The second-order valence-corrected chi connectivity index (χ2v) is 15.1. The first-order chi connectivity index (χ1) is 12.6. The molecule has 0 aromatic carbocycles. The number of rotatable bonds is 17. The van der Waals surface area contributed by atoms with Crippen LogP contribution in [0.5, 0.6) is 0 Å². The van der Waals surface area contributed by atoms with Crippen LogP contribution < -0.4 is 5.73 Å². The van der Waals surface area contributed by atoms with Crippen LogP contribution >= 0.6 is 0 Å². The van der Waals surface area contributed by atoms with E-state index in [0.717, 1.165) is 6.42 Å². The summed E-state index contributed by atoms with van der Waals surface area (Å²) in [5.41, 5.74) is 6.23. The van der Waals surface area contributed by atoms with Gasteiger partial charge in [0.1, 0.15) is 0 Å². The van der Waals surface area contributed by atoms with E-state index in [1.54, 1.807) is 0 Å². The van der Waals surface area contributed by atoms with Gasteiger partial charge in [0.2, 0.25) is 0 Å². The molecule has 27 heavy (non-hydrogen) atoms. The lowest BCUT2D eigenvalue weighted by molar-refractivity contribution is 0.145. The third-order valence-corrected chi connectivity index (χ3v) is 10.9. The van der Waals surface area contributed by atoms with E-state index >= 15 is 0 Å². The standard InChI is InChI=1S/C24H53NOSi/c1-8-9-10-11-12-13-14-15-16-17-18-19-20-21-23(22(2)25)26-27(6,7)24(3,4)5/h22-23H,8-21,25H2,1-7H3/t22-,23+/m0/s1. The molecule has 164 valence electrons. The van der Waals surface area contributed by atoms with Crippen LogP contribution in [0.3, 0.4) is 0 Å². The molecule has 0 unspecified atom stereocenters. The maximum Gasteiger partial charge on any atom is 0.192 e. The van der Waals surface area contributed by atoms with Crippen LogP contribution in [0.4, 0.5) is 0 Å². The first-order valence-corrected chi connectivity index (χ1v) is 15.0. The van der Waals surface area contributed by atoms with Crippen LogP contribution in [-0.4, -0.2) is 20.5 Å². The molecule has 0 aliphatic heterocycles. The molecule has 0 bridgehead atoms. The molecule has 0 heterocycles. The van der Waals surface area contributed by atoms with Gasteiger partial charge in [-0.25, -0.2) is 0 Å². The molecule has 0 radical (unpaired) electrons. The molecule has 0 saturated heterocycles. The zero-order valence-electron chi connectivity index (χ0n) is 20.0. The van der Waals surface area contributed by atoms with Gasteiger partial charge in [-0.05, 0) is 31.5 Å². The van der Waals surface area contributed by atoms with Crippen molar-refractivity contribution >= 4 is 8.32 Å². The summed E-state index contributed by atoms with van der Waals surface area (Å²) in [6, 6.07) is 0.136. The Morgan fingerprint density at radius 3 is 1.44 bits per heavy atom. The molecule has 0 aliphatic carbocycles. The summed E-state index contributed by atoms with van der Waals surface area (Å²) in [7, 11) is -1.72. The Labute approximate surface area is 173 Å². The summed E-state index contributed by atoms with van der Waals surface area (Å²) in [6.45, 7) is 16.0. The highest BCUT2D eigenvalue weighted by Gasteiger charge is 2.39. The normalized spacial score (nSPS) is 15.1. The topological polar surface area (TPSA) is 35.2 Å². The molecule has 0 fully saturated rings. The van der Waals surface area contributed by atoms with Crippen LogP contribution in [0.15, 0.2) is 0 Å². The van der Waals surface area contributed by atoms with Crippen molar-refractivity contribution in [3.05, 3.63) is 0 Å². The lowest BCUT2D eigenvalue weighted by Gasteiger charge is -2.40. The van der Waals surface area contributed by atoms with Crippen molar-refractivity contribution in [2.45, 2.75) is 155 Å². The second-order valence-electron chi connectivity index (χ2n) is 10.3. The van der Waals surface area contributed by atoms with Gasteiger partial charge < -0.3 is 10.2 Å². The fourth-order valence-corrected chi connectivity index (χ4v) is 4.79. The maximum atomic E-state index is 6.58. The Kier molecular flexibility index (Phi) is 15.1. The summed E-state index contributed by atoms with van der Waals surface area (Å²) < 4.78 is 6.58. The van der Waals surface area contributed by atoms with Crippen LogP contribution in [0.25, 0.3) is 0 Å². The van der Waals surface area contributed by atoms with Gasteiger partial charge in [0, 0.05) is 6.04 Å². The van der Waals surface area contributed by atoms with Gasteiger partial charge in [-0.1, -0.05) is 111 Å². The van der Waals surface area contributed by atoms with Crippen molar-refractivity contribution in [3.63, 3.8) is 0 Å². The van der Waals surface area contributed by atoms with E-state index in [2.05, 4.69) is 47.7 Å². The highest BCUT2D eigenvalue weighted by molar-refractivity contribution is 6.74. The summed E-state index contributed by atoms with van der Waals surface area (Å²) in [6.07, 6.45) is 19.6. The predicted octanol–water partition coefficient (Wildman–Crippen LogP) is 8.21. The molecule has 3 heteroatoms. The first-order valence-electron chi connectivity index (χ1n) is 12.0. The van der Waals surface area contributed by atoms with Crippen molar-refractivity contribution < 1.29 is 4.43 Å². The molecule has 0 rings (SSSR count). The van der Waals surface area contributed by atoms with E-state index < -0.39 is 8.32 Å². The summed E-state index contributed by atoms with van der Waals surface area (Å²) in [4.78, 5) is 0. The molecule has 0 spiro atoms. The summed E-state index contributed by atoms with van der Waals surface area (Å²) >= 11 is 0. The fraction of sp³-hybridized carbons (Fsp3) is 1.00. The van der Waals surface area contributed by atoms with Crippen LogP contribution in [-0.2, 0) is 4.43 Å².